The van der Waals surface area contributed by atoms with E-state index in [2.05, 4.69) is 4.72 Å². The van der Waals surface area contributed by atoms with E-state index in [0.717, 1.165) is 12.8 Å². The molecule has 0 spiro atoms. The summed E-state index contributed by atoms with van der Waals surface area (Å²) in [5, 5.41) is -0.365. The summed E-state index contributed by atoms with van der Waals surface area (Å²) in [5.74, 6) is 0.933. The smallest absolute Gasteiger partial charge is 0.213 e. The Kier molecular flexibility index (Phi) is 6.74. The summed E-state index contributed by atoms with van der Waals surface area (Å²) in [5.41, 5.74) is 0. The first kappa shape index (κ1) is 14.2. The second-order valence-electron chi connectivity index (χ2n) is 3.69. The van der Waals surface area contributed by atoms with Crippen molar-refractivity contribution in [2.75, 3.05) is 12.4 Å². The predicted octanol–water partition coefficient (Wildman–Crippen LogP) is 1.97. The highest BCUT2D eigenvalue weighted by Crippen LogP contribution is 2.09. The lowest BCUT2D eigenvalue weighted by Crippen LogP contribution is -2.34. The molecule has 86 valence electrons. The Bertz CT molecular complexity index is 239. The molecule has 14 heavy (non-hydrogen) atoms. The van der Waals surface area contributed by atoms with Crippen molar-refractivity contribution in [3.05, 3.63) is 0 Å². The molecule has 0 fully saturated rings. The maximum atomic E-state index is 11.4. The van der Waals surface area contributed by atoms with E-state index in [1.54, 1.807) is 13.8 Å². The Morgan fingerprint density at radius 3 is 2.29 bits per heavy atom. The first-order valence-corrected chi connectivity index (χ1v) is 7.06. The quantitative estimate of drug-likeness (QED) is 0.693. The molecule has 0 saturated carbocycles. The number of rotatable bonds is 7. The third-order valence-electron chi connectivity index (χ3n) is 2.29. The molecule has 0 radical (unpaired) electrons. The zero-order chi connectivity index (χ0) is 11.2. The van der Waals surface area contributed by atoms with Crippen molar-refractivity contribution in [1.29, 1.82) is 0 Å². The van der Waals surface area contributed by atoms with Crippen LogP contribution in [0.25, 0.3) is 0 Å². The van der Waals surface area contributed by atoms with Gasteiger partial charge in [0.25, 0.3) is 0 Å². The molecular weight excluding hydrogens is 222 g/mol. The molecule has 0 aromatic heterocycles. The molecule has 0 aromatic carbocycles. The Labute approximate surface area is 92.3 Å². The molecule has 0 aliphatic rings. The Balaban J connectivity index is 4.03. The van der Waals surface area contributed by atoms with Gasteiger partial charge in [-0.25, -0.2) is 13.1 Å². The number of alkyl halides is 1. The minimum absolute atomic E-state index is 0.348. The van der Waals surface area contributed by atoms with Crippen LogP contribution in [0.4, 0.5) is 0 Å². The van der Waals surface area contributed by atoms with E-state index in [1.165, 1.54) is 0 Å². The van der Waals surface area contributed by atoms with Gasteiger partial charge in [0.05, 0.1) is 5.25 Å². The van der Waals surface area contributed by atoms with Gasteiger partial charge in [-0.2, -0.15) is 0 Å². The topological polar surface area (TPSA) is 46.2 Å². The Morgan fingerprint density at radius 2 is 1.93 bits per heavy atom. The number of sulfonamides is 1. The van der Waals surface area contributed by atoms with E-state index in [0.29, 0.717) is 18.3 Å². The van der Waals surface area contributed by atoms with Crippen LogP contribution >= 0.6 is 11.6 Å². The minimum atomic E-state index is -3.11. The van der Waals surface area contributed by atoms with Crippen LogP contribution in [0, 0.1) is 5.92 Å². The maximum absolute atomic E-state index is 11.4. The largest absolute Gasteiger partial charge is 0.215 e. The lowest BCUT2D eigenvalue weighted by atomic mass is 10.0. The molecule has 0 aliphatic heterocycles. The third-order valence-corrected chi connectivity index (χ3v) is 4.32. The number of hydrogen-bond donors (Lipinski definition) is 1. The summed E-state index contributed by atoms with van der Waals surface area (Å²) in [7, 11) is -3.11. The molecule has 1 atom stereocenters. The van der Waals surface area contributed by atoms with Gasteiger partial charge in [-0.3, -0.25) is 0 Å². The van der Waals surface area contributed by atoms with Crippen molar-refractivity contribution in [3.8, 4) is 0 Å². The van der Waals surface area contributed by atoms with E-state index < -0.39 is 10.0 Å². The molecule has 0 heterocycles. The van der Waals surface area contributed by atoms with E-state index in [4.69, 9.17) is 11.6 Å². The fourth-order valence-corrected chi connectivity index (χ4v) is 2.12. The third kappa shape index (κ3) is 5.17. The van der Waals surface area contributed by atoms with Crippen LogP contribution < -0.4 is 4.72 Å². The van der Waals surface area contributed by atoms with Gasteiger partial charge in [0.2, 0.25) is 10.0 Å². The molecule has 3 nitrogen and oxygen atoms in total. The molecule has 1 N–H and O–H groups in total. The summed E-state index contributed by atoms with van der Waals surface area (Å²) >= 11 is 5.61. The summed E-state index contributed by atoms with van der Waals surface area (Å²) in [4.78, 5) is 0. The molecular formula is C9H20ClNO2S. The average Bonchev–Trinajstić information content (AvgIpc) is 2.12. The fourth-order valence-electron chi connectivity index (χ4n) is 1.01. The second kappa shape index (κ2) is 6.64. The second-order valence-corrected chi connectivity index (χ2v) is 6.39. The zero-order valence-electron chi connectivity index (χ0n) is 9.09. The van der Waals surface area contributed by atoms with Gasteiger partial charge in [0.15, 0.2) is 0 Å². The van der Waals surface area contributed by atoms with Crippen LogP contribution in [0.2, 0.25) is 0 Å². The lowest BCUT2D eigenvalue weighted by molar-refractivity contribution is 0.479. The van der Waals surface area contributed by atoms with Gasteiger partial charge in [0.1, 0.15) is 0 Å². The molecule has 5 heteroatoms. The van der Waals surface area contributed by atoms with Gasteiger partial charge in [0, 0.05) is 12.4 Å². The summed E-state index contributed by atoms with van der Waals surface area (Å²) < 4.78 is 25.4. The lowest BCUT2D eigenvalue weighted by Gasteiger charge is -2.15. The van der Waals surface area contributed by atoms with Crippen LogP contribution in [0.1, 0.15) is 33.6 Å². The van der Waals surface area contributed by atoms with Crippen LogP contribution in [0.3, 0.4) is 0 Å². The normalized spacial score (nSPS) is 14.6. The molecule has 0 saturated heterocycles. The fraction of sp³-hybridized carbons (Fsp3) is 1.00. The van der Waals surface area contributed by atoms with Gasteiger partial charge >= 0.3 is 0 Å². The van der Waals surface area contributed by atoms with Crippen molar-refractivity contribution in [1.82, 2.24) is 4.72 Å². The Hall–Kier alpha value is 0.200. The standard InChI is InChI=1S/C9H20ClNO2S/c1-4-9(5-6-10)7-11-14(12,13)8(2)3/h8-9,11H,4-7H2,1-3H3. The highest BCUT2D eigenvalue weighted by atomic mass is 35.5. The van der Waals surface area contributed by atoms with Gasteiger partial charge in [-0.15, -0.1) is 11.6 Å². The molecule has 0 rings (SSSR count). The van der Waals surface area contributed by atoms with Crippen LogP contribution in [-0.2, 0) is 10.0 Å². The zero-order valence-corrected chi connectivity index (χ0v) is 10.7. The maximum Gasteiger partial charge on any atom is 0.213 e. The summed E-state index contributed by atoms with van der Waals surface area (Å²) in [6.45, 7) is 5.89. The summed E-state index contributed by atoms with van der Waals surface area (Å²) in [6.07, 6.45) is 1.81. The van der Waals surface area contributed by atoms with Crippen molar-refractivity contribution in [3.63, 3.8) is 0 Å². The molecule has 1 unspecified atom stereocenters. The van der Waals surface area contributed by atoms with E-state index in [1.807, 2.05) is 6.92 Å². The van der Waals surface area contributed by atoms with Gasteiger partial charge < -0.3 is 0 Å². The summed E-state index contributed by atoms with van der Waals surface area (Å²) in [6, 6.07) is 0. The molecule has 0 bridgehead atoms. The van der Waals surface area contributed by atoms with Gasteiger partial charge in [-0.1, -0.05) is 13.3 Å². The first-order valence-electron chi connectivity index (χ1n) is 4.98. The highest BCUT2D eigenvalue weighted by molar-refractivity contribution is 7.90. The highest BCUT2D eigenvalue weighted by Gasteiger charge is 2.16. The number of nitrogens with one attached hydrogen (secondary N) is 1. The molecule has 0 aliphatic carbocycles. The molecule has 0 aromatic rings. The SMILES string of the molecule is CCC(CCCl)CNS(=O)(=O)C(C)C. The first-order chi connectivity index (χ1) is 6.44. The monoisotopic (exact) mass is 241 g/mol. The predicted molar refractivity (Wildman–Crippen MR) is 61.2 cm³/mol. The van der Waals surface area contributed by atoms with E-state index in [9.17, 15) is 8.42 Å². The van der Waals surface area contributed by atoms with Gasteiger partial charge in [-0.05, 0) is 26.2 Å². The minimum Gasteiger partial charge on any atom is -0.215 e. The van der Waals surface area contributed by atoms with E-state index in [-0.39, 0.29) is 5.25 Å². The van der Waals surface area contributed by atoms with Crippen LogP contribution in [-0.4, -0.2) is 26.1 Å². The van der Waals surface area contributed by atoms with Crippen LogP contribution in [0.15, 0.2) is 0 Å². The molecule has 0 amide bonds. The number of hydrogen-bond acceptors (Lipinski definition) is 2. The van der Waals surface area contributed by atoms with Crippen molar-refractivity contribution in [2.45, 2.75) is 38.9 Å². The van der Waals surface area contributed by atoms with Crippen molar-refractivity contribution < 1.29 is 8.42 Å². The average molecular weight is 242 g/mol. The Morgan fingerprint density at radius 1 is 1.36 bits per heavy atom. The van der Waals surface area contributed by atoms with Crippen molar-refractivity contribution in [2.24, 2.45) is 5.92 Å². The van der Waals surface area contributed by atoms with E-state index >= 15 is 0 Å². The van der Waals surface area contributed by atoms with Crippen molar-refractivity contribution >= 4 is 21.6 Å². The van der Waals surface area contributed by atoms with Crippen LogP contribution in [0.5, 0.6) is 0 Å². The number of halogens is 1.